The molecule has 0 aliphatic rings. The van der Waals surface area contributed by atoms with E-state index in [9.17, 15) is 5.26 Å². The molecule has 9 rings (SSSR count). The van der Waals surface area contributed by atoms with Crippen molar-refractivity contribution in [1.82, 2.24) is 9.13 Å². The van der Waals surface area contributed by atoms with E-state index in [0.717, 1.165) is 55.7 Å². The topological polar surface area (TPSA) is 38.0 Å². The predicted octanol–water partition coefficient (Wildman–Crippen LogP) is 11.6. The lowest BCUT2D eigenvalue weighted by Gasteiger charge is -2.17. The largest absolute Gasteiger partial charge is 0.309 e. The van der Waals surface area contributed by atoms with Gasteiger partial charge in [-0.3, -0.25) is 0 Å². The number of rotatable bonds is 4. The third kappa shape index (κ3) is 4.07. The van der Waals surface area contributed by atoms with E-state index < -0.39 is 0 Å². The third-order valence-corrected chi connectivity index (χ3v) is 9.36. The van der Waals surface area contributed by atoms with Crippen LogP contribution in [0, 0.1) is 17.9 Å². The second kappa shape index (κ2) is 10.9. The molecule has 4 nitrogen and oxygen atoms in total. The average Bonchev–Trinajstić information content (AvgIpc) is 3.68. The second-order valence-corrected chi connectivity index (χ2v) is 12.0. The quantitative estimate of drug-likeness (QED) is 0.183. The Balaban J connectivity index is 1.43. The maximum Gasteiger partial charge on any atom is 0.196 e. The van der Waals surface area contributed by atoms with Gasteiger partial charge in [0.25, 0.3) is 0 Å². The molecule has 0 saturated carbocycles. The number of nitriles is 1. The van der Waals surface area contributed by atoms with Crippen LogP contribution < -0.4 is 0 Å². The van der Waals surface area contributed by atoms with Crippen LogP contribution in [0.2, 0.25) is 0 Å². The smallest absolute Gasteiger partial charge is 0.196 e. The Bertz CT molecular complexity index is 2790. The number of para-hydroxylation sites is 3. The van der Waals surface area contributed by atoms with Crippen molar-refractivity contribution >= 4 is 49.3 Å². The van der Waals surface area contributed by atoms with E-state index in [1.54, 1.807) is 12.1 Å². The van der Waals surface area contributed by atoms with Crippen molar-refractivity contribution in [3.8, 4) is 39.7 Å². The summed E-state index contributed by atoms with van der Waals surface area (Å²) >= 11 is 0. The Morgan fingerprint density at radius 3 is 1.96 bits per heavy atom. The van der Waals surface area contributed by atoms with Crippen LogP contribution >= 0.6 is 0 Å². The van der Waals surface area contributed by atoms with Crippen LogP contribution in [0.25, 0.3) is 82.1 Å². The first-order chi connectivity index (χ1) is 23.7. The van der Waals surface area contributed by atoms with Gasteiger partial charge in [-0.25, -0.2) is 4.85 Å². The molecule has 0 fully saturated rings. The molecule has 0 N–H and O–H groups in total. The molecule has 0 unspecified atom stereocenters. The van der Waals surface area contributed by atoms with Crippen molar-refractivity contribution in [2.24, 2.45) is 0 Å². The molecule has 0 bridgehead atoms. The Kier molecular flexibility index (Phi) is 6.22. The molecule has 48 heavy (non-hydrogen) atoms. The van der Waals surface area contributed by atoms with Gasteiger partial charge in [0.1, 0.15) is 0 Å². The number of nitrogens with zero attached hydrogens (tertiary/aromatic N) is 4. The number of fused-ring (bicyclic) bond motifs is 7. The van der Waals surface area contributed by atoms with Gasteiger partial charge >= 0.3 is 0 Å². The van der Waals surface area contributed by atoms with E-state index in [0.29, 0.717) is 11.3 Å². The summed E-state index contributed by atoms with van der Waals surface area (Å²) < 4.78 is 4.79. The predicted molar refractivity (Wildman–Crippen MR) is 197 cm³/mol. The molecular formula is C44H26N4. The summed E-state index contributed by atoms with van der Waals surface area (Å²) in [4.78, 5) is 3.79. The van der Waals surface area contributed by atoms with Gasteiger partial charge in [0, 0.05) is 38.4 Å². The highest BCUT2D eigenvalue weighted by Gasteiger charge is 2.22. The standard InChI is InChI=1S/C44H26N4/c1-46-38-26-29(28-45)20-22-33(38)31-21-24-41(37(27-31)30-12-4-2-5-13-30)48-39-18-10-8-16-34(39)35-23-25-42-43(44(35)48)36-17-9-11-19-40(36)47(42)32-14-6-3-7-15-32/h2-27H. The van der Waals surface area contributed by atoms with E-state index in [2.05, 4.69) is 154 Å². The van der Waals surface area contributed by atoms with Crippen molar-refractivity contribution in [2.75, 3.05) is 0 Å². The van der Waals surface area contributed by atoms with E-state index >= 15 is 0 Å². The Hall–Kier alpha value is -6.88. The second-order valence-electron chi connectivity index (χ2n) is 12.0. The molecule has 7 aromatic carbocycles. The number of hydrogen-bond donors (Lipinski definition) is 0. The summed E-state index contributed by atoms with van der Waals surface area (Å²) in [5.74, 6) is 0. The lowest BCUT2D eigenvalue weighted by molar-refractivity contribution is 1.17. The zero-order valence-corrected chi connectivity index (χ0v) is 25.8. The molecule has 0 saturated heterocycles. The van der Waals surface area contributed by atoms with Gasteiger partial charge < -0.3 is 9.13 Å². The van der Waals surface area contributed by atoms with Gasteiger partial charge in [0.2, 0.25) is 0 Å². The van der Waals surface area contributed by atoms with Crippen molar-refractivity contribution in [3.05, 3.63) is 175 Å². The summed E-state index contributed by atoms with van der Waals surface area (Å²) in [6.45, 7) is 7.88. The minimum absolute atomic E-state index is 0.466. The molecule has 0 atom stereocenters. The van der Waals surface area contributed by atoms with E-state index in [-0.39, 0.29) is 0 Å². The molecule has 222 valence electrons. The first-order valence-corrected chi connectivity index (χ1v) is 15.9. The molecule has 9 aromatic rings. The summed E-state index contributed by atoms with van der Waals surface area (Å²) in [5.41, 5.74) is 11.6. The number of aromatic nitrogens is 2. The van der Waals surface area contributed by atoms with Crippen molar-refractivity contribution < 1.29 is 0 Å². The van der Waals surface area contributed by atoms with Crippen molar-refractivity contribution in [3.63, 3.8) is 0 Å². The van der Waals surface area contributed by atoms with Crippen LogP contribution in [0.4, 0.5) is 5.69 Å². The lowest BCUT2D eigenvalue weighted by Crippen LogP contribution is -1.99. The Morgan fingerprint density at radius 1 is 0.521 bits per heavy atom. The summed E-state index contributed by atoms with van der Waals surface area (Å²) in [6, 6.07) is 56.9. The first kappa shape index (κ1) is 27.4. The summed E-state index contributed by atoms with van der Waals surface area (Å²) in [6.07, 6.45) is 0. The Morgan fingerprint density at radius 2 is 1.21 bits per heavy atom. The van der Waals surface area contributed by atoms with E-state index in [1.807, 2.05) is 12.1 Å². The highest BCUT2D eigenvalue weighted by Crippen LogP contribution is 2.44. The zero-order valence-electron chi connectivity index (χ0n) is 25.8. The van der Waals surface area contributed by atoms with Crippen LogP contribution in [0.5, 0.6) is 0 Å². The minimum atomic E-state index is 0.466. The van der Waals surface area contributed by atoms with Crippen LogP contribution in [-0.4, -0.2) is 9.13 Å². The fraction of sp³-hybridized carbons (Fsp3) is 0. The molecule has 2 heterocycles. The summed E-state index contributed by atoms with van der Waals surface area (Å²) in [5, 5.41) is 14.3. The van der Waals surface area contributed by atoms with Gasteiger partial charge in [0.05, 0.1) is 40.4 Å². The van der Waals surface area contributed by atoms with Gasteiger partial charge in [-0.05, 0) is 71.3 Å². The molecule has 0 amide bonds. The first-order valence-electron chi connectivity index (χ1n) is 15.9. The van der Waals surface area contributed by atoms with Gasteiger partial charge in [-0.1, -0.05) is 103 Å². The molecule has 0 aliphatic carbocycles. The monoisotopic (exact) mass is 610 g/mol. The van der Waals surface area contributed by atoms with Crippen molar-refractivity contribution in [1.29, 1.82) is 5.26 Å². The minimum Gasteiger partial charge on any atom is -0.309 e. The number of benzene rings is 7. The third-order valence-electron chi connectivity index (χ3n) is 9.36. The molecule has 0 spiro atoms. The van der Waals surface area contributed by atoms with Crippen LogP contribution in [0.15, 0.2) is 158 Å². The molecule has 0 aliphatic heterocycles. The van der Waals surface area contributed by atoms with Gasteiger partial charge in [-0.15, -0.1) is 0 Å². The van der Waals surface area contributed by atoms with Crippen LogP contribution in [-0.2, 0) is 0 Å². The highest BCUT2D eigenvalue weighted by atomic mass is 15.0. The van der Waals surface area contributed by atoms with Gasteiger partial charge in [-0.2, -0.15) is 5.26 Å². The molecule has 4 heteroatoms. The highest BCUT2D eigenvalue weighted by molar-refractivity contribution is 6.26. The molecular weight excluding hydrogens is 585 g/mol. The molecule has 2 aromatic heterocycles. The van der Waals surface area contributed by atoms with E-state index in [4.69, 9.17) is 6.57 Å². The number of hydrogen-bond acceptors (Lipinski definition) is 1. The SMILES string of the molecule is [C-]#[N+]c1cc(C#N)ccc1-c1ccc(-n2c3ccccc3c3ccc4c(c5ccccc5n4-c4ccccc4)c32)c(-c2ccccc2)c1. The zero-order chi connectivity index (χ0) is 32.2. The fourth-order valence-corrected chi connectivity index (χ4v) is 7.30. The average molecular weight is 611 g/mol. The maximum atomic E-state index is 9.48. The van der Waals surface area contributed by atoms with Gasteiger partial charge in [0.15, 0.2) is 5.69 Å². The van der Waals surface area contributed by atoms with Crippen LogP contribution in [0.1, 0.15) is 5.56 Å². The van der Waals surface area contributed by atoms with Crippen molar-refractivity contribution in [2.45, 2.75) is 0 Å². The molecule has 0 radical (unpaired) electrons. The Labute approximate surface area is 277 Å². The van der Waals surface area contributed by atoms with E-state index in [1.165, 1.54) is 21.5 Å². The fourth-order valence-electron chi connectivity index (χ4n) is 7.30. The normalized spacial score (nSPS) is 11.3. The lowest BCUT2D eigenvalue weighted by atomic mass is 9.95. The summed E-state index contributed by atoms with van der Waals surface area (Å²) in [7, 11) is 0. The van der Waals surface area contributed by atoms with Crippen LogP contribution in [0.3, 0.4) is 0 Å². The maximum absolute atomic E-state index is 9.48.